The lowest BCUT2D eigenvalue weighted by Crippen LogP contribution is -2.33. The first-order valence-electron chi connectivity index (χ1n) is 7.90. The molecule has 25 heavy (non-hydrogen) atoms. The van der Waals surface area contributed by atoms with Crippen molar-refractivity contribution >= 4 is 17.5 Å². The highest BCUT2D eigenvalue weighted by molar-refractivity contribution is 5.77. The van der Waals surface area contributed by atoms with Crippen molar-refractivity contribution in [2.75, 3.05) is 44.0 Å². The Kier molecular flexibility index (Phi) is 6.44. The number of carbonyl (C=O) groups is 1. The fourth-order valence-electron chi connectivity index (χ4n) is 1.94. The smallest absolute Gasteiger partial charge is 0.317 e. The number of nitrogens with zero attached hydrogens (tertiary/aromatic N) is 5. The third-order valence-electron chi connectivity index (χ3n) is 3.14. The molecule has 0 saturated carbocycles. The van der Waals surface area contributed by atoms with Crippen LogP contribution in [0.1, 0.15) is 11.5 Å². The lowest BCUT2D eigenvalue weighted by Gasteiger charge is -2.14. The molecule has 0 spiro atoms. The molecule has 0 saturated heterocycles. The molecule has 9 nitrogen and oxygen atoms in total. The van der Waals surface area contributed by atoms with Crippen LogP contribution in [0, 0.1) is 13.8 Å². The molecular formula is C16H23N7O2. The predicted molar refractivity (Wildman–Crippen MR) is 94.9 cm³/mol. The Bertz CT molecular complexity index is 721. The van der Waals surface area contributed by atoms with Crippen molar-refractivity contribution in [3.8, 4) is 6.01 Å². The van der Waals surface area contributed by atoms with Gasteiger partial charge in [0.1, 0.15) is 17.5 Å². The van der Waals surface area contributed by atoms with E-state index in [0.717, 1.165) is 17.3 Å². The maximum atomic E-state index is 11.8. The summed E-state index contributed by atoms with van der Waals surface area (Å²) >= 11 is 0. The number of nitrogens with one attached hydrogen (secondary N) is 2. The first-order valence-corrected chi connectivity index (χ1v) is 7.90. The molecule has 2 heterocycles. The maximum absolute atomic E-state index is 11.8. The third-order valence-corrected chi connectivity index (χ3v) is 3.14. The van der Waals surface area contributed by atoms with Crippen molar-refractivity contribution in [3.63, 3.8) is 0 Å². The largest absolute Gasteiger partial charge is 0.453 e. The fraction of sp³-hybridized carbons (Fsp3) is 0.438. The van der Waals surface area contributed by atoms with E-state index < -0.39 is 0 Å². The van der Waals surface area contributed by atoms with E-state index in [-0.39, 0.29) is 18.5 Å². The quantitative estimate of drug-likeness (QED) is 0.669. The highest BCUT2D eigenvalue weighted by Crippen LogP contribution is 2.12. The van der Waals surface area contributed by atoms with E-state index in [1.54, 1.807) is 12.3 Å². The molecule has 0 aliphatic carbocycles. The number of hydrogen-bond acceptors (Lipinski definition) is 8. The van der Waals surface area contributed by atoms with E-state index >= 15 is 0 Å². The van der Waals surface area contributed by atoms with Gasteiger partial charge in [0, 0.05) is 45.1 Å². The van der Waals surface area contributed by atoms with Crippen LogP contribution in [-0.4, -0.2) is 59.6 Å². The van der Waals surface area contributed by atoms with Gasteiger partial charge in [-0.05, 0) is 19.9 Å². The Morgan fingerprint density at radius 3 is 2.72 bits per heavy atom. The molecule has 0 aromatic carbocycles. The first-order chi connectivity index (χ1) is 11.9. The maximum Gasteiger partial charge on any atom is 0.317 e. The molecule has 2 rings (SSSR count). The second-order valence-corrected chi connectivity index (χ2v) is 5.60. The summed E-state index contributed by atoms with van der Waals surface area (Å²) in [5.74, 6) is 1.99. The average molecular weight is 345 g/mol. The van der Waals surface area contributed by atoms with Gasteiger partial charge in [0.05, 0.1) is 0 Å². The Morgan fingerprint density at radius 2 is 2.00 bits per heavy atom. The second kappa shape index (κ2) is 8.76. The fourth-order valence-corrected chi connectivity index (χ4v) is 1.94. The molecule has 0 radical (unpaired) electrons. The lowest BCUT2D eigenvalue weighted by atomic mass is 10.4. The Labute approximate surface area is 146 Å². The predicted octanol–water partition coefficient (Wildman–Crippen LogP) is 0.557. The summed E-state index contributed by atoms with van der Waals surface area (Å²) in [7, 11) is 3.84. The zero-order valence-corrected chi connectivity index (χ0v) is 14.9. The lowest BCUT2D eigenvalue weighted by molar-refractivity contribution is -0.123. The van der Waals surface area contributed by atoms with E-state index in [9.17, 15) is 4.79 Å². The van der Waals surface area contributed by atoms with Gasteiger partial charge < -0.3 is 20.3 Å². The van der Waals surface area contributed by atoms with E-state index in [4.69, 9.17) is 4.74 Å². The average Bonchev–Trinajstić information content (AvgIpc) is 2.56. The summed E-state index contributed by atoms with van der Waals surface area (Å²) in [4.78, 5) is 30.3. The van der Waals surface area contributed by atoms with Crippen LogP contribution < -0.4 is 20.3 Å². The van der Waals surface area contributed by atoms with Crippen LogP contribution in [0.25, 0.3) is 0 Å². The van der Waals surface area contributed by atoms with Crippen molar-refractivity contribution < 1.29 is 9.53 Å². The molecule has 2 aromatic heterocycles. The molecule has 9 heteroatoms. The van der Waals surface area contributed by atoms with Gasteiger partial charge in [-0.25, -0.2) is 19.9 Å². The van der Waals surface area contributed by atoms with E-state index in [0.29, 0.717) is 18.9 Å². The van der Waals surface area contributed by atoms with Crippen LogP contribution in [0.5, 0.6) is 6.01 Å². The van der Waals surface area contributed by atoms with Crippen molar-refractivity contribution in [1.29, 1.82) is 0 Å². The van der Waals surface area contributed by atoms with Crippen LogP contribution in [-0.2, 0) is 4.79 Å². The molecular weight excluding hydrogens is 322 g/mol. The second-order valence-electron chi connectivity index (χ2n) is 5.60. The van der Waals surface area contributed by atoms with Gasteiger partial charge in [-0.1, -0.05) is 0 Å². The summed E-state index contributed by atoms with van der Waals surface area (Å²) in [5, 5.41) is 5.91. The number of anilines is 2. The summed E-state index contributed by atoms with van der Waals surface area (Å²) in [6, 6.07) is 3.81. The monoisotopic (exact) mass is 345 g/mol. The number of hydrogen-bond donors (Lipinski definition) is 2. The Morgan fingerprint density at radius 1 is 1.20 bits per heavy atom. The van der Waals surface area contributed by atoms with Gasteiger partial charge >= 0.3 is 6.01 Å². The molecule has 2 aromatic rings. The third kappa shape index (κ3) is 6.21. The number of aryl methyl sites for hydroxylation is 2. The van der Waals surface area contributed by atoms with Gasteiger partial charge in [0.2, 0.25) is 0 Å². The summed E-state index contributed by atoms with van der Waals surface area (Å²) in [6.45, 7) is 4.52. The minimum Gasteiger partial charge on any atom is -0.453 e. The van der Waals surface area contributed by atoms with Crippen molar-refractivity contribution in [2.24, 2.45) is 0 Å². The van der Waals surface area contributed by atoms with Crippen LogP contribution >= 0.6 is 0 Å². The highest BCUT2D eigenvalue weighted by atomic mass is 16.5. The number of amides is 1. The van der Waals surface area contributed by atoms with Crippen LogP contribution in [0.3, 0.4) is 0 Å². The highest BCUT2D eigenvalue weighted by Gasteiger charge is 2.05. The van der Waals surface area contributed by atoms with Gasteiger partial charge in [0.15, 0.2) is 6.61 Å². The zero-order chi connectivity index (χ0) is 18.2. The Hall–Kier alpha value is -2.97. The van der Waals surface area contributed by atoms with Crippen LogP contribution in [0.15, 0.2) is 18.3 Å². The van der Waals surface area contributed by atoms with E-state index in [1.807, 2.05) is 38.9 Å². The first kappa shape index (κ1) is 18.4. The number of carbonyl (C=O) groups excluding carboxylic acids is 1. The standard InChI is InChI=1S/C16H23N7O2/c1-11-5-6-19-16(20-11)25-10-15(24)18-8-7-17-13-9-14(23(3)4)22-12(2)21-13/h5-6,9H,7-8,10H2,1-4H3,(H,18,24)(H,17,21,22). The number of ether oxygens (including phenoxy) is 1. The topological polar surface area (TPSA) is 105 Å². The SMILES string of the molecule is Cc1ccnc(OCC(=O)NCCNc2cc(N(C)C)nc(C)n2)n1. The molecule has 0 atom stereocenters. The van der Waals surface area contributed by atoms with Crippen molar-refractivity contribution in [3.05, 3.63) is 29.8 Å². The van der Waals surface area contributed by atoms with Crippen molar-refractivity contribution in [2.45, 2.75) is 13.8 Å². The zero-order valence-electron chi connectivity index (χ0n) is 14.9. The number of rotatable bonds is 8. The summed E-state index contributed by atoms with van der Waals surface area (Å²) in [6.07, 6.45) is 1.59. The molecule has 0 bridgehead atoms. The van der Waals surface area contributed by atoms with Crippen molar-refractivity contribution in [1.82, 2.24) is 25.3 Å². The molecule has 0 unspecified atom stereocenters. The van der Waals surface area contributed by atoms with Gasteiger partial charge in [-0.3, -0.25) is 4.79 Å². The summed E-state index contributed by atoms with van der Waals surface area (Å²) < 4.78 is 5.24. The normalized spacial score (nSPS) is 10.2. The number of aromatic nitrogens is 4. The Balaban J connectivity index is 1.71. The summed E-state index contributed by atoms with van der Waals surface area (Å²) in [5.41, 5.74) is 0.784. The van der Waals surface area contributed by atoms with Crippen LogP contribution in [0.4, 0.5) is 11.6 Å². The molecule has 0 aliphatic heterocycles. The van der Waals surface area contributed by atoms with E-state index in [1.165, 1.54) is 0 Å². The van der Waals surface area contributed by atoms with Gasteiger partial charge in [0.25, 0.3) is 5.91 Å². The van der Waals surface area contributed by atoms with E-state index in [2.05, 4.69) is 30.6 Å². The molecule has 0 aliphatic rings. The minimum atomic E-state index is -0.236. The van der Waals surface area contributed by atoms with Gasteiger partial charge in [-0.2, -0.15) is 0 Å². The minimum absolute atomic E-state index is 0.124. The molecule has 0 fully saturated rings. The molecule has 134 valence electrons. The van der Waals surface area contributed by atoms with Crippen LogP contribution in [0.2, 0.25) is 0 Å². The molecule has 2 N–H and O–H groups in total. The molecule has 1 amide bonds. The van der Waals surface area contributed by atoms with Gasteiger partial charge in [-0.15, -0.1) is 0 Å².